The van der Waals surface area contributed by atoms with Gasteiger partial charge in [-0.25, -0.2) is 9.59 Å². The average Bonchev–Trinajstić information content (AvgIpc) is 3.17. The molecule has 16 heteroatoms. The third-order valence-corrected chi connectivity index (χ3v) is 8.37. The van der Waals surface area contributed by atoms with Crippen molar-refractivity contribution in [3.8, 4) is 5.75 Å². The Labute approximate surface area is 331 Å². The molecule has 0 aliphatic heterocycles. The molecule has 318 valence electrons. The third kappa shape index (κ3) is 29.2. The van der Waals surface area contributed by atoms with Gasteiger partial charge in [-0.2, -0.15) is 0 Å². The fourth-order valence-electron chi connectivity index (χ4n) is 5.20. The zero-order valence-electron chi connectivity index (χ0n) is 33.2. The van der Waals surface area contributed by atoms with Crippen molar-refractivity contribution in [2.45, 2.75) is 109 Å². The topological polar surface area (TPSA) is 225 Å². The second-order valence-corrected chi connectivity index (χ2v) is 13.3. The maximum absolute atomic E-state index is 12.1. The second kappa shape index (κ2) is 34.2. The summed E-state index contributed by atoms with van der Waals surface area (Å²) in [7, 11) is 0. The molecule has 3 amide bonds. The lowest BCUT2D eigenvalue weighted by Gasteiger charge is -2.14. The van der Waals surface area contributed by atoms with Crippen molar-refractivity contribution in [3.05, 3.63) is 29.8 Å². The summed E-state index contributed by atoms with van der Waals surface area (Å²) in [4.78, 5) is 70.3. The third-order valence-electron chi connectivity index (χ3n) is 8.37. The molecule has 0 saturated heterocycles. The van der Waals surface area contributed by atoms with Crippen molar-refractivity contribution in [1.29, 1.82) is 0 Å². The van der Waals surface area contributed by atoms with Gasteiger partial charge in [-0.3, -0.25) is 19.2 Å². The number of ether oxygens (including phenoxy) is 5. The van der Waals surface area contributed by atoms with Crippen molar-refractivity contribution in [1.82, 2.24) is 16.0 Å². The van der Waals surface area contributed by atoms with Crippen molar-refractivity contribution in [3.63, 3.8) is 0 Å². The number of carboxylic acids is 2. The van der Waals surface area contributed by atoms with Gasteiger partial charge in [0.1, 0.15) is 25.0 Å². The van der Waals surface area contributed by atoms with Crippen LogP contribution in [0.3, 0.4) is 0 Å². The molecule has 0 aliphatic carbocycles. The molecule has 0 fully saturated rings. The number of benzene rings is 1. The summed E-state index contributed by atoms with van der Waals surface area (Å²) in [5.41, 5.74) is 0.239. The summed E-state index contributed by atoms with van der Waals surface area (Å²) in [5.74, 6) is -2.42. The normalized spacial score (nSPS) is 11.4. The molecule has 1 atom stereocenters. The van der Waals surface area contributed by atoms with Crippen LogP contribution >= 0.6 is 0 Å². The van der Waals surface area contributed by atoms with E-state index >= 15 is 0 Å². The Bertz CT molecular complexity index is 1250. The number of carboxylic acid groups (broad SMARTS) is 2. The number of aromatic carboxylic acids is 1. The van der Waals surface area contributed by atoms with Crippen LogP contribution in [0.5, 0.6) is 5.75 Å². The van der Waals surface area contributed by atoms with Crippen LogP contribution in [-0.4, -0.2) is 124 Å². The predicted octanol–water partition coefficient (Wildman–Crippen LogP) is 4.07. The fourth-order valence-corrected chi connectivity index (χ4v) is 5.20. The summed E-state index contributed by atoms with van der Waals surface area (Å²) < 4.78 is 27.1. The first-order chi connectivity index (χ1) is 27.1. The number of aliphatic carboxylic acids is 1. The minimum Gasteiger partial charge on any atom is -0.494 e. The summed E-state index contributed by atoms with van der Waals surface area (Å²) in [6, 6.07) is 5.21. The maximum atomic E-state index is 12.1. The molecule has 0 aliphatic rings. The molecule has 56 heavy (non-hydrogen) atoms. The Morgan fingerprint density at radius 3 is 1.86 bits per heavy atom. The highest BCUT2D eigenvalue weighted by Crippen LogP contribution is 2.14. The number of unbranched alkanes of at least 4 members (excludes halogenated alkanes) is 8. The molecule has 0 unspecified atom stereocenters. The first-order valence-electron chi connectivity index (χ1n) is 20.0. The van der Waals surface area contributed by atoms with Gasteiger partial charge in [-0.15, -0.1) is 0 Å². The smallest absolute Gasteiger partial charge is 0.335 e. The number of hydrogen-bond donors (Lipinski definition) is 5. The van der Waals surface area contributed by atoms with Crippen LogP contribution in [0, 0.1) is 0 Å². The van der Waals surface area contributed by atoms with E-state index in [2.05, 4.69) is 22.9 Å². The molecule has 1 rings (SSSR count). The van der Waals surface area contributed by atoms with Crippen LogP contribution in [0.1, 0.15) is 114 Å². The van der Waals surface area contributed by atoms with E-state index in [9.17, 15) is 33.9 Å². The number of Topliss-reactive ketones (excluding diaryl/α,β-unsaturated/α-hetero) is 1. The van der Waals surface area contributed by atoms with Crippen molar-refractivity contribution >= 4 is 35.4 Å². The Morgan fingerprint density at radius 1 is 0.571 bits per heavy atom. The first-order valence-corrected chi connectivity index (χ1v) is 20.0. The molecular formula is C40H65N3O13. The standard InChI is InChI=1S/C40H65N3O13/c1-2-3-10-21-41-37(46)20-19-35(40(50)51)43-38(47)31-55-29-26-52-23-12-13-33(44)30-54-28-27-53-25-22-42-36(45)14-9-7-5-4-6-8-11-24-56-34-17-15-32(16-18-34)39(48)49/h15-18,35H,2-14,19-31H2,1H3,(H,41,46)(H,42,45)(H,43,47)(H,48,49)(H,50,51)/t35-/m0/s1. The lowest BCUT2D eigenvalue weighted by molar-refractivity contribution is -0.143. The van der Waals surface area contributed by atoms with E-state index in [1.165, 1.54) is 12.1 Å². The number of nitrogens with one attached hydrogen (secondary N) is 3. The molecule has 0 radical (unpaired) electrons. The number of hydrogen-bond acceptors (Lipinski definition) is 11. The Morgan fingerprint density at radius 2 is 1.18 bits per heavy atom. The van der Waals surface area contributed by atoms with Crippen LogP contribution in [0.4, 0.5) is 0 Å². The van der Waals surface area contributed by atoms with Crippen LogP contribution < -0.4 is 20.7 Å². The number of amides is 3. The van der Waals surface area contributed by atoms with E-state index in [0.717, 1.165) is 64.2 Å². The summed E-state index contributed by atoms with van der Waals surface area (Å²) in [6.45, 7) is 4.81. The quantitative estimate of drug-likeness (QED) is 0.0596. The molecule has 0 saturated carbocycles. The summed E-state index contributed by atoms with van der Waals surface area (Å²) in [6.07, 6.45) is 11.3. The van der Waals surface area contributed by atoms with Crippen molar-refractivity contribution < 1.29 is 62.7 Å². The Hall–Kier alpha value is -4.12. The fraction of sp³-hybridized carbons (Fsp3) is 0.700. The highest BCUT2D eigenvalue weighted by molar-refractivity contribution is 5.87. The monoisotopic (exact) mass is 795 g/mol. The Balaban J connectivity index is 1.86. The van der Waals surface area contributed by atoms with Gasteiger partial charge in [0, 0.05) is 39.0 Å². The largest absolute Gasteiger partial charge is 0.494 e. The molecular weight excluding hydrogens is 730 g/mol. The molecule has 1 aromatic carbocycles. The number of rotatable bonds is 38. The van der Waals surface area contributed by atoms with E-state index in [-0.39, 0.29) is 75.5 Å². The first kappa shape index (κ1) is 49.9. The van der Waals surface area contributed by atoms with Gasteiger partial charge in [-0.1, -0.05) is 51.9 Å². The van der Waals surface area contributed by atoms with E-state index in [0.29, 0.717) is 58.1 Å². The molecule has 0 heterocycles. The maximum Gasteiger partial charge on any atom is 0.335 e. The van der Waals surface area contributed by atoms with E-state index in [1.807, 2.05) is 0 Å². The van der Waals surface area contributed by atoms with Gasteiger partial charge < -0.3 is 49.8 Å². The van der Waals surface area contributed by atoms with Crippen LogP contribution in [0.25, 0.3) is 0 Å². The molecule has 5 N–H and O–H groups in total. The van der Waals surface area contributed by atoms with Crippen LogP contribution in [-0.2, 0) is 42.9 Å². The lowest BCUT2D eigenvalue weighted by atomic mass is 10.1. The van der Waals surface area contributed by atoms with Gasteiger partial charge in [-0.05, 0) is 56.4 Å². The summed E-state index contributed by atoms with van der Waals surface area (Å²) >= 11 is 0. The van der Waals surface area contributed by atoms with Gasteiger partial charge in [0.25, 0.3) is 0 Å². The average molecular weight is 796 g/mol. The Kier molecular flexibility index (Phi) is 30.4. The number of carbonyl (C=O) groups excluding carboxylic acids is 4. The minimum atomic E-state index is -1.22. The molecule has 16 nitrogen and oxygen atoms in total. The van der Waals surface area contributed by atoms with E-state index in [1.54, 1.807) is 12.1 Å². The van der Waals surface area contributed by atoms with Crippen LogP contribution in [0.2, 0.25) is 0 Å². The van der Waals surface area contributed by atoms with Gasteiger partial charge in [0.15, 0.2) is 5.78 Å². The predicted molar refractivity (Wildman–Crippen MR) is 208 cm³/mol. The van der Waals surface area contributed by atoms with E-state index in [4.69, 9.17) is 28.8 Å². The zero-order valence-corrected chi connectivity index (χ0v) is 33.2. The molecule has 0 bridgehead atoms. The lowest BCUT2D eigenvalue weighted by Crippen LogP contribution is -2.43. The van der Waals surface area contributed by atoms with E-state index < -0.39 is 23.9 Å². The highest BCUT2D eigenvalue weighted by atomic mass is 16.5. The van der Waals surface area contributed by atoms with Gasteiger partial charge in [0.05, 0.1) is 45.2 Å². The molecule has 1 aromatic rings. The van der Waals surface area contributed by atoms with Gasteiger partial charge in [0.2, 0.25) is 17.7 Å². The zero-order chi connectivity index (χ0) is 41.1. The second-order valence-electron chi connectivity index (χ2n) is 13.3. The minimum absolute atomic E-state index is 0.00175. The highest BCUT2D eigenvalue weighted by Gasteiger charge is 2.21. The summed E-state index contributed by atoms with van der Waals surface area (Å²) in [5, 5.41) is 26.2. The number of carbonyl (C=O) groups is 6. The van der Waals surface area contributed by atoms with Crippen molar-refractivity contribution in [2.24, 2.45) is 0 Å². The van der Waals surface area contributed by atoms with Crippen LogP contribution in [0.15, 0.2) is 24.3 Å². The molecule has 0 spiro atoms. The number of ketones is 1. The van der Waals surface area contributed by atoms with Gasteiger partial charge >= 0.3 is 11.9 Å². The molecule has 0 aromatic heterocycles. The van der Waals surface area contributed by atoms with Crippen molar-refractivity contribution in [2.75, 3.05) is 72.6 Å². The SMILES string of the molecule is CCCCCNC(=O)CC[C@H](NC(=O)COCCOCCCC(=O)COCCOCCNC(=O)CCCCCCCCCOc1ccc(C(=O)O)cc1)C(=O)O.